The van der Waals surface area contributed by atoms with E-state index in [1.54, 1.807) is 18.2 Å². The summed E-state index contributed by atoms with van der Waals surface area (Å²) >= 11 is 0. The molecule has 3 N–H and O–H groups in total. The highest BCUT2D eigenvalue weighted by Gasteiger charge is 2.48. The molecule has 0 radical (unpaired) electrons. The van der Waals surface area contributed by atoms with Crippen LogP contribution in [0.5, 0.6) is 5.75 Å². The van der Waals surface area contributed by atoms with Gasteiger partial charge in [0.05, 0.1) is 24.0 Å². The average molecular weight is 385 g/mol. The van der Waals surface area contributed by atoms with Gasteiger partial charge in [-0.05, 0) is 42.7 Å². The van der Waals surface area contributed by atoms with Crippen molar-refractivity contribution < 1.29 is 23.4 Å². The summed E-state index contributed by atoms with van der Waals surface area (Å²) in [6, 6.07) is 7.20. The molecule has 8 heteroatoms. The fraction of sp³-hybridized carbons (Fsp3) is 0.200. The summed E-state index contributed by atoms with van der Waals surface area (Å²) < 4.78 is 32.9. The minimum atomic E-state index is -1.40. The average Bonchev–Trinajstić information content (AvgIpc) is 3.31. The van der Waals surface area contributed by atoms with Crippen molar-refractivity contribution in [1.29, 1.82) is 0 Å². The zero-order chi connectivity index (χ0) is 19.9. The number of aliphatic hydroxyl groups is 1. The number of ether oxygens (including phenoxy) is 1. The highest BCUT2D eigenvalue weighted by molar-refractivity contribution is 6.01. The Bertz CT molecular complexity index is 1100. The Hall–Kier alpha value is -3.26. The minimum absolute atomic E-state index is 0.0376. The topological polar surface area (TPSA) is 87.2 Å². The third kappa shape index (κ3) is 3.34. The summed E-state index contributed by atoms with van der Waals surface area (Å²) in [5, 5.41) is 19.7. The molecule has 1 heterocycles. The highest BCUT2D eigenvalue weighted by atomic mass is 19.1. The fourth-order valence-electron chi connectivity index (χ4n) is 2.83. The molecule has 0 unspecified atom stereocenters. The van der Waals surface area contributed by atoms with Crippen molar-refractivity contribution >= 4 is 34.6 Å². The number of aromatic amines is 1. The van der Waals surface area contributed by atoms with E-state index in [4.69, 9.17) is 4.74 Å². The SMILES string of the molecule is COc1ccc(/C=C/c2n[nH]c3cc(F)c(NC(=O)C4(O)CC4)cc23)cc1F. The monoisotopic (exact) mass is 385 g/mol. The van der Waals surface area contributed by atoms with Gasteiger partial charge in [-0.25, -0.2) is 8.78 Å². The molecule has 6 nitrogen and oxygen atoms in total. The molecule has 0 atom stereocenters. The van der Waals surface area contributed by atoms with E-state index in [2.05, 4.69) is 15.5 Å². The number of anilines is 1. The Labute approximate surface area is 158 Å². The van der Waals surface area contributed by atoms with Crippen LogP contribution < -0.4 is 10.1 Å². The molecule has 0 saturated heterocycles. The lowest BCUT2D eigenvalue weighted by atomic mass is 10.1. The molecule has 1 fully saturated rings. The van der Waals surface area contributed by atoms with Crippen molar-refractivity contribution in [2.45, 2.75) is 18.4 Å². The largest absolute Gasteiger partial charge is 0.494 e. The van der Waals surface area contributed by atoms with Crippen LogP contribution in [0.3, 0.4) is 0 Å². The van der Waals surface area contributed by atoms with Crippen LogP contribution in [0.2, 0.25) is 0 Å². The van der Waals surface area contributed by atoms with Gasteiger partial charge < -0.3 is 15.2 Å². The molecule has 4 rings (SSSR count). The molecule has 2 aromatic carbocycles. The van der Waals surface area contributed by atoms with Crippen LogP contribution in [0.15, 0.2) is 30.3 Å². The van der Waals surface area contributed by atoms with E-state index >= 15 is 0 Å². The summed E-state index contributed by atoms with van der Waals surface area (Å²) in [5.41, 5.74) is 0.0948. The molecule has 1 amide bonds. The van der Waals surface area contributed by atoms with Crippen molar-refractivity contribution in [3.05, 3.63) is 53.2 Å². The number of amides is 1. The number of aromatic nitrogens is 2. The third-order valence-electron chi connectivity index (χ3n) is 4.68. The zero-order valence-electron chi connectivity index (χ0n) is 14.9. The number of carbonyl (C=O) groups excluding carboxylic acids is 1. The second-order valence-corrected chi connectivity index (χ2v) is 6.70. The van der Waals surface area contributed by atoms with Gasteiger partial charge in [0.2, 0.25) is 0 Å². The second kappa shape index (κ2) is 6.72. The Kier molecular flexibility index (Phi) is 4.35. The molecule has 1 saturated carbocycles. The Morgan fingerprint density at radius 2 is 2.04 bits per heavy atom. The second-order valence-electron chi connectivity index (χ2n) is 6.70. The van der Waals surface area contributed by atoms with Gasteiger partial charge in [0.15, 0.2) is 11.6 Å². The van der Waals surface area contributed by atoms with Gasteiger partial charge in [-0.3, -0.25) is 9.89 Å². The number of halogens is 2. The first-order chi connectivity index (χ1) is 13.4. The number of nitrogens with one attached hydrogen (secondary N) is 2. The maximum Gasteiger partial charge on any atom is 0.256 e. The lowest BCUT2D eigenvalue weighted by molar-refractivity contribution is -0.125. The number of H-pyrrole nitrogens is 1. The first kappa shape index (κ1) is 18.1. The van der Waals surface area contributed by atoms with E-state index in [0.29, 0.717) is 35.0 Å². The van der Waals surface area contributed by atoms with E-state index in [0.717, 1.165) is 0 Å². The quantitative estimate of drug-likeness (QED) is 0.628. The molecule has 1 aromatic heterocycles. The van der Waals surface area contributed by atoms with Crippen LogP contribution in [0, 0.1) is 11.6 Å². The van der Waals surface area contributed by atoms with Crippen LogP contribution in [0.25, 0.3) is 23.1 Å². The molecular formula is C20H17F2N3O3. The lowest BCUT2D eigenvalue weighted by Crippen LogP contribution is -2.29. The molecule has 0 bridgehead atoms. The van der Waals surface area contributed by atoms with Gasteiger partial charge in [-0.1, -0.05) is 12.1 Å². The molecule has 0 aliphatic heterocycles. The minimum Gasteiger partial charge on any atom is -0.494 e. The molecule has 144 valence electrons. The Morgan fingerprint density at radius 3 is 2.71 bits per heavy atom. The van der Waals surface area contributed by atoms with Crippen molar-refractivity contribution in [2.24, 2.45) is 0 Å². The molecule has 28 heavy (non-hydrogen) atoms. The molecule has 1 aliphatic rings. The van der Waals surface area contributed by atoms with Crippen molar-refractivity contribution in [3.63, 3.8) is 0 Å². The molecule has 0 spiro atoms. The van der Waals surface area contributed by atoms with Crippen molar-refractivity contribution in [2.75, 3.05) is 12.4 Å². The number of rotatable bonds is 5. The van der Waals surface area contributed by atoms with Gasteiger partial charge in [0.1, 0.15) is 11.4 Å². The molecule has 3 aromatic rings. The van der Waals surface area contributed by atoms with Crippen molar-refractivity contribution in [3.8, 4) is 5.75 Å². The Morgan fingerprint density at radius 1 is 1.25 bits per heavy atom. The van der Waals surface area contributed by atoms with E-state index in [-0.39, 0.29) is 11.4 Å². The Balaban J connectivity index is 1.63. The predicted molar refractivity (Wildman–Crippen MR) is 101 cm³/mol. The summed E-state index contributed by atoms with van der Waals surface area (Å²) in [5.74, 6) is -1.60. The lowest BCUT2D eigenvalue weighted by Gasteiger charge is -2.10. The highest BCUT2D eigenvalue weighted by Crippen LogP contribution is 2.36. The number of nitrogens with zero attached hydrogens (tertiary/aromatic N) is 1. The van der Waals surface area contributed by atoms with Gasteiger partial charge in [-0.15, -0.1) is 0 Å². The summed E-state index contributed by atoms with van der Waals surface area (Å²) in [7, 11) is 1.39. The number of hydrogen-bond acceptors (Lipinski definition) is 4. The summed E-state index contributed by atoms with van der Waals surface area (Å²) in [6.45, 7) is 0. The number of benzene rings is 2. The van der Waals surface area contributed by atoms with Gasteiger partial charge in [0.25, 0.3) is 5.91 Å². The van der Waals surface area contributed by atoms with E-state index in [9.17, 15) is 18.7 Å². The van der Waals surface area contributed by atoms with Crippen LogP contribution in [0.1, 0.15) is 24.1 Å². The smallest absolute Gasteiger partial charge is 0.256 e. The van der Waals surface area contributed by atoms with Crippen LogP contribution >= 0.6 is 0 Å². The van der Waals surface area contributed by atoms with E-state index in [1.165, 1.54) is 31.4 Å². The number of hydrogen-bond donors (Lipinski definition) is 3. The fourth-order valence-corrected chi connectivity index (χ4v) is 2.83. The molecule has 1 aliphatic carbocycles. The predicted octanol–water partition coefficient (Wildman–Crippen LogP) is 3.48. The number of carbonyl (C=O) groups is 1. The van der Waals surface area contributed by atoms with E-state index in [1.807, 2.05) is 0 Å². The van der Waals surface area contributed by atoms with Crippen LogP contribution in [0.4, 0.5) is 14.5 Å². The first-order valence-electron chi connectivity index (χ1n) is 8.63. The standard InChI is InChI=1S/C20H17F2N3O3/c1-28-18-5-3-11(8-14(18)22)2-4-15-12-9-17(13(21)10-16(12)25-24-15)23-19(26)20(27)6-7-20/h2-5,8-10,27H,6-7H2,1H3,(H,23,26)(H,24,25)/b4-2+. The maximum absolute atomic E-state index is 14.2. The number of methoxy groups -OCH3 is 1. The first-order valence-corrected chi connectivity index (χ1v) is 8.63. The van der Waals surface area contributed by atoms with Gasteiger partial charge in [0, 0.05) is 11.5 Å². The van der Waals surface area contributed by atoms with Gasteiger partial charge >= 0.3 is 0 Å². The summed E-state index contributed by atoms with van der Waals surface area (Å²) in [4.78, 5) is 12.0. The summed E-state index contributed by atoms with van der Waals surface area (Å²) in [6.07, 6.45) is 4.03. The van der Waals surface area contributed by atoms with Gasteiger partial charge in [-0.2, -0.15) is 5.10 Å². The maximum atomic E-state index is 14.2. The third-order valence-corrected chi connectivity index (χ3v) is 4.68. The normalized spacial score (nSPS) is 15.1. The number of fused-ring (bicyclic) bond motifs is 1. The zero-order valence-corrected chi connectivity index (χ0v) is 14.9. The van der Waals surface area contributed by atoms with E-state index < -0.39 is 23.1 Å². The van der Waals surface area contributed by atoms with Crippen LogP contribution in [-0.2, 0) is 4.79 Å². The van der Waals surface area contributed by atoms with Crippen molar-refractivity contribution in [1.82, 2.24) is 10.2 Å². The van der Waals surface area contributed by atoms with Crippen LogP contribution in [-0.4, -0.2) is 33.9 Å². The molecular weight excluding hydrogens is 368 g/mol.